The normalized spacial score (nSPS) is 10.6. The number of anilines is 1. The van der Waals surface area contributed by atoms with Crippen molar-refractivity contribution in [2.75, 3.05) is 19.4 Å². The van der Waals surface area contributed by atoms with Crippen LogP contribution >= 0.6 is 0 Å². The van der Waals surface area contributed by atoms with Crippen LogP contribution in [0.15, 0.2) is 48.8 Å². The molecule has 0 fully saturated rings. The molecule has 0 heterocycles. The second-order valence-electron chi connectivity index (χ2n) is 7.21. The van der Waals surface area contributed by atoms with Gasteiger partial charge < -0.3 is 10.2 Å². The molecule has 2 nitrogen and oxygen atoms in total. The minimum Gasteiger partial charge on any atom is -0.382 e. The lowest BCUT2D eigenvalue weighted by Gasteiger charge is -2.11. The molecule has 0 saturated heterocycles. The summed E-state index contributed by atoms with van der Waals surface area (Å²) in [7, 11) is 4.01. The summed E-state index contributed by atoms with van der Waals surface area (Å²) in [6.45, 7) is 13.0. The highest BCUT2D eigenvalue weighted by Gasteiger charge is 2.01. The molecule has 25 heavy (non-hydrogen) atoms. The van der Waals surface area contributed by atoms with Crippen molar-refractivity contribution in [3.63, 3.8) is 0 Å². The molecule has 0 atom stereocenters. The van der Waals surface area contributed by atoms with Crippen molar-refractivity contribution in [2.45, 2.75) is 47.5 Å². The Labute approximate surface area is 154 Å². The average molecular weight is 339 g/mol. The highest BCUT2D eigenvalue weighted by Crippen LogP contribution is 2.21. The topological polar surface area (TPSA) is 15.3 Å². The van der Waals surface area contributed by atoms with E-state index in [-0.39, 0.29) is 0 Å². The predicted molar refractivity (Wildman–Crippen MR) is 112 cm³/mol. The van der Waals surface area contributed by atoms with Crippen molar-refractivity contribution in [1.82, 2.24) is 4.90 Å². The smallest absolute Gasteiger partial charge is 0.0439 e. The van der Waals surface area contributed by atoms with E-state index in [1.54, 1.807) is 0 Å². The van der Waals surface area contributed by atoms with Gasteiger partial charge in [0.05, 0.1) is 0 Å². The number of hydrogen-bond acceptors (Lipinski definition) is 2. The van der Waals surface area contributed by atoms with Crippen molar-refractivity contribution < 1.29 is 0 Å². The monoisotopic (exact) mass is 338 g/mol. The minimum atomic E-state index is 0.654. The molecule has 0 aliphatic heterocycles. The molecule has 0 saturated carbocycles. The van der Waals surface area contributed by atoms with Crippen LogP contribution in [0.1, 0.15) is 47.6 Å². The van der Waals surface area contributed by atoms with E-state index in [1.165, 1.54) is 33.5 Å². The molecule has 0 spiro atoms. The number of benzene rings is 2. The molecule has 0 radical (unpaired) electrons. The third-order valence-electron chi connectivity index (χ3n) is 4.09. The summed E-state index contributed by atoms with van der Waals surface area (Å²) in [6.07, 6.45) is 3.96. The van der Waals surface area contributed by atoms with Crippen LogP contribution in [-0.2, 0) is 0 Å². The first-order valence-corrected chi connectivity index (χ1v) is 8.95. The van der Waals surface area contributed by atoms with Gasteiger partial charge in [0.25, 0.3) is 0 Å². The van der Waals surface area contributed by atoms with E-state index in [4.69, 9.17) is 0 Å². The van der Waals surface area contributed by atoms with Crippen LogP contribution in [0.25, 0.3) is 0 Å². The van der Waals surface area contributed by atoms with Gasteiger partial charge >= 0.3 is 0 Å². The quantitative estimate of drug-likeness (QED) is 0.716. The first-order chi connectivity index (χ1) is 11.7. The first kappa shape index (κ1) is 20.8. The third-order valence-corrected chi connectivity index (χ3v) is 4.09. The zero-order chi connectivity index (χ0) is 19.0. The van der Waals surface area contributed by atoms with E-state index < -0.39 is 0 Å². The summed E-state index contributed by atoms with van der Waals surface area (Å²) in [5, 5.41) is 3.32. The Morgan fingerprint density at radius 2 is 1.44 bits per heavy atom. The fourth-order valence-electron chi connectivity index (χ4n) is 2.91. The van der Waals surface area contributed by atoms with Gasteiger partial charge in [-0.2, -0.15) is 0 Å². The molecule has 0 bridgehead atoms. The Morgan fingerprint density at radius 1 is 0.880 bits per heavy atom. The van der Waals surface area contributed by atoms with Crippen LogP contribution in [0.5, 0.6) is 0 Å². The van der Waals surface area contributed by atoms with Crippen LogP contribution < -0.4 is 5.32 Å². The van der Waals surface area contributed by atoms with Crippen molar-refractivity contribution in [3.05, 3.63) is 76.6 Å². The van der Waals surface area contributed by atoms with Gasteiger partial charge in [0.15, 0.2) is 0 Å². The Kier molecular flexibility index (Phi) is 8.27. The van der Waals surface area contributed by atoms with Crippen molar-refractivity contribution in [1.29, 1.82) is 0 Å². The van der Waals surface area contributed by atoms with Gasteiger partial charge in [0, 0.05) is 32.2 Å². The molecular weight excluding hydrogens is 304 g/mol. The molecule has 0 amide bonds. The molecule has 0 aromatic heterocycles. The van der Waals surface area contributed by atoms with Gasteiger partial charge in [0.2, 0.25) is 0 Å². The number of nitrogens with one attached hydrogen (secondary N) is 1. The zero-order valence-corrected chi connectivity index (χ0v) is 17.1. The maximum absolute atomic E-state index is 3.32. The average Bonchev–Trinajstić information content (AvgIpc) is 2.50. The second-order valence-corrected chi connectivity index (χ2v) is 7.21. The number of hydrogen-bond donors (Lipinski definition) is 1. The molecule has 2 rings (SSSR count). The van der Waals surface area contributed by atoms with Crippen molar-refractivity contribution in [2.24, 2.45) is 0 Å². The molecule has 0 unspecified atom stereocenters. The van der Waals surface area contributed by atoms with Crippen LogP contribution in [0.4, 0.5) is 5.69 Å². The summed E-state index contributed by atoms with van der Waals surface area (Å²) in [5.41, 5.74) is 7.96. The largest absolute Gasteiger partial charge is 0.382 e. The summed E-state index contributed by atoms with van der Waals surface area (Å²) >= 11 is 0. The number of rotatable bonds is 4. The van der Waals surface area contributed by atoms with E-state index in [0.717, 1.165) is 0 Å². The van der Waals surface area contributed by atoms with Crippen molar-refractivity contribution in [3.8, 4) is 0 Å². The zero-order valence-electron chi connectivity index (χ0n) is 17.1. The summed E-state index contributed by atoms with van der Waals surface area (Å²) in [5.74, 6) is 0.654. The van der Waals surface area contributed by atoms with E-state index in [0.29, 0.717) is 5.92 Å². The van der Waals surface area contributed by atoms with Crippen LogP contribution in [0.2, 0.25) is 0 Å². The lowest BCUT2D eigenvalue weighted by molar-refractivity contribution is 0.563. The van der Waals surface area contributed by atoms with E-state index >= 15 is 0 Å². The van der Waals surface area contributed by atoms with Crippen LogP contribution in [0, 0.1) is 27.7 Å². The van der Waals surface area contributed by atoms with Crippen LogP contribution in [0.3, 0.4) is 0 Å². The Bertz CT molecular complexity index is 674. The molecule has 0 aliphatic rings. The summed E-state index contributed by atoms with van der Waals surface area (Å²) < 4.78 is 0. The fraction of sp³-hybridized carbons (Fsp3) is 0.391. The van der Waals surface area contributed by atoms with Gasteiger partial charge in [-0.25, -0.2) is 0 Å². The lowest BCUT2D eigenvalue weighted by Crippen LogP contribution is -2.03. The maximum Gasteiger partial charge on any atom is 0.0439 e. The maximum atomic E-state index is 3.32. The highest BCUT2D eigenvalue weighted by atomic mass is 15.0. The van der Waals surface area contributed by atoms with E-state index in [1.807, 2.05) is 31.4 Å². The van der Waals surface area contributed by atoms with Gasteiger partial charge in [-0.1, -0.05) is 55.8 Å². The molecular formula is C23H34N2. The molecule has 2 heteroatoms. The lowest BCUT2D eigenvalue weighted by atomic mass is 9.99. The number of aryl methyl sites for hydroxylation is 4. The molecule has 0 aliphatic carbocycles. The van der Waals surface area contributed by atoms with Gasteiger partial charge in [-0.3, -0.25) is 0 Å². The second kappa shape index (κ2) is 9.93. The van der Waals surface area contributed by atoms with E-state index in [2.05, 4.69) is 83.3 Å². The Hall–Kier alpha value is -2.22. The Morgan fingerprint density at radius 3 is 1.88 bits per heavy atom. The molecule has 2 aromatic carbocycles. The SMILES string of the molecule is Cc1cc(C)c(N/C=C\N(C)C)c(C)c1.Cc1ccccc1C(C)C. The standard InChI is InChI=1S/C13H20N2.C10H14/c1-10-8-11(2)13(12(3)9-10)14-6-7-15(4)5;1-8(2)10-7-5-4-6-9(10)3/h6-9,14H,1-5H3;4-8H,1-3H3/b7-6-;. The van der Waals surface area contributed by atoms with Gasteiger partial charge in [-0.05, 0) is 55.9 Å². The van der Waals surface area contributed by atoms with E-state index in [9.17, 15) is 0 Å². The van der Waals surface area contributed by atoms with Gasteiger partial charge in [0.1, 0.15) is 0 Å². The summed E-state index contributed by atoms with van der Waals surface area (Å²) in [4.78, 5) is 2.01. The third kappa shape index (κ3) is 7.04. The van der Waals surface area contributed by atoms with Crippen molar-refractivity contribution >= 4 is 5.69 Å². The predicted octanol–water partition coefficient (Wildman–Crippen LogP) is 6.17. The highest BCUT2D eigenvalue weighted by molar-refractivity contribution is 5.59. The molecule has 2 aromatic rings. The fourth-order valence-corrected chi connectivity index (χ4v) is 2.91. The minimum absolute atomic E-state index is 0.654. The van der Waals surface area contributed by atoms with Crippen LogP contribution in [-0.4, -0.2) is 19.0 Å². The summed E-state index contributed by atoms with van der Waals surface area (Å²) in [6, 6.07) is 12.9. The number of nitrogens with zero attached hydrogens (tertiary/aromatic N) is 1. The van der Waals surface area contributed by atoms with Gasteiger partial charge in [-0.15, -0.1) is 0 Å². The first-order valence-electron chi connectivity index (χ1n) is 8.95. The Balaban J connectivity index is 0.000000271. The molecule has 136 valence electrons. The molecule has 1 N–H and O–H groups in total.